The topological polar surface area (TPSA) is 60.7 Å². The minimum atomic E-state index is -4.79. The highest BCUT2D eigenvalue weighted by atomic mass is 19.4. The van der Waals surface area contributed by atoms with Gasteiger partial charge in [-0.05, 0) is 114 Å². The van der Waals surface area contributed by atoms with Crippen molar-refractivity contribution in [1.29, 1.82) is 0 Å². The van der Waals surface area contributed by atoms with Gasteiger partial charge in [-0.15, -0.1) is 0 Å². The van der Waals surface area contributed by atoms with Crippen LogP contribution in [0.25, 0.3) is 0 Å². The fourth-order valence-electron chi connectivity index (χ4n) is 7.12. The van der Waals surface area contributed by atoms with E-state index in [9.17, 15) is 28.5 Å². The standard InChI is InChI=1S/C32H47F3O3/c1-22-12-15-26(36)21-25(22)14-13-24-10-7-19-30(4)27(16-17-28(24)30)23(9-6-18-29(2,3)37)11-8-20-31(5,38)32(33,34)35/h13-14,23,26-28,36-38H,1,6-7,9-12,15-19,21H2,2-5H3/b24-13+,25-14-/t23-,26+,27?,28+,30-,31?/m1/s1. The highest BCUT2D eigenvalue weighted by Gasteiger charge is 2.52. The Bertz CT molecular complexity index is 973. The second kappa shape index (κ2) is 11.9. The Morgan fingerprint density at radius 1 is 1.11 bits per heavy atom. The van der Waals surface area contributed by atoms with Crippen molar-refractivity contribution < 1.29 is 28.5 Å². The molecule has 3 fully saturated rings. The maximum atomic E-state index is 13.2. The van der Waals surface area contributed by atoms with E-state index >= 15 is 0 Å². The Balaban J connectivity index is 1.82. The molecule has 0 aliphatic heterocycles. The van der Waals surface area contributed by atoms with Crippen LogP contribution in [0.3, 0.4) is 0 Å². The van der Waals surface area contributed by atoms with Gasteiger partial charge in [-0.3, -0.25) is 0 Å². The van der Waals surface area contributed by atoms with Crippen LogP contribution in [-0.2, 0) is 0 Å². The van der Waals surface area contributed by atoms with Crippen molar-refractivity contribution in [1.82, 2.24) is 0 Å². The molecule has 3 nitrogen and oxygen atoms in total. The van der Waals surface area contributed by atoms with Crippen LogP contribution in [0.15, 0.2) is 35.5 Å². The molecule has 0 heterocycles. The van der Waals surface area contributed by atoms with Crippen molar-refractivity contribution in [2.24, 2.45) is 23.2 Å². The fourth-order valence-corrected chi connectivity index (χ4v) is 7.12. The van der Waals surface area contributed by atoms with Crippen molar-refractivity contribution in [3.63, 3.8) is 0 Å². The lowest BCUT2D eigenvalue weighted by atomic mass is 9.60. The predicted octanol–water partition coefficient (Wildman–Crippen LogP) is 7.42. The lowest BCUT2D eigenvalue weighted by Gasteiger charge is -2.45. The number of alkyl halides is 3. The molecule has 214 valence electrons. The first-order valence-electron chi connectivity index (χ1n) is 14.3. The van der Waals surface area contributed by atoms with Crippen molar-refractivity contribution in [3.8, 4) is 11.8 Å². The Morgan fingerprint density at radius 3 is 2.47 bits per heavy atom. The van der Waals surface area contributed by atoms with E-state index in [2.05, 4.69) is 37.5 Å². The Kier molecular flexibility index (Phi) is 9.71. The summed E-state index contributed by atoms with van der Waals surface area (Å²) in [4.78, 5) is 0. The molecular formula is C32H47F3O3. The van der Waals surface area contributed by atoms with E-state index in [0.717, 1.165) is 68.9 Å². The van der Waals surface area contributed by atoms with Gasteiger partial charge in [0.15, 0.2) is 0 Å². The molecule has 0 saturated heterocycles. The van der Waals surface area contributed by atoms with Crippen molar-refractivity contribution in [3.05, 3.63) is 35.5 Å². The lowest BCUT2D eigenvalue weighted by Crippen LogP contribution is -2.40. The van der Waals surface area contributed by atoms with Gasteiger partial charge in [0.1, 0.15) is 0 Å². The number of aliphatic hydroxyl groups excluding tert-OH is 1. The normalized spacial score (nSPS) is 33.0. The van der Waals surface area contributed by atoms with Crippen molar-refractivity contribution >= 4 is 0 Å². The van der Waals surface area contributed by atoms with Crippen molar-refractivity contribution in [2.75, 3.05) is 0 Å². The number of aliphatic hydroxyl groups is 3. The summed E-state index contributed by atoms with van der Waals surface area (Å²) in [5.74, 6) is 5.67. The molecule has 3 rings (SSSR count). The number of allylic oxidation sites excluding steroid dienone is 4. The van der Waals surface area contributed by atoms with E-state index in [-0.39, 0.29) is 17.4 Å². The zero-order valence-electron chi connectivity index (χ0n) is 23.6. The molecule has 0 aromatic heterocycles. The zero-order chi connectivity index (χ0) is 28.4. The summed E-state index contributed by atoms with van der Waals surface area (Å²) >= 11 is 0. The Morgan fingerprint density at radius 2 is 1.82 bits per heavy atom. The van der Waals surface area contributed by atoms with Crippen LogP contribution in [-0.4, -0.2) is 38.8 Å². The predicted molar refractivity (Wildman–Crippen MR) is 146 cm³/mol. The molecule has 38 heavy (non-hydrogen) atoms. The first-order chi connectivity index (χ1) is 17.5. The molecular weight excluding hydrogens is 489 g/mol. The number of hydrogen-bond acceptors (Lipinski definition) is 3. The molecule has 6 heteroatoms. The first kappa shape index (κ1) is 31.0. The van der Waals surface area contributed by atoms with E-state index in [1.807, 2.05) is 0 Å². The molecule has 3 aliphatic rings. The summed E-state index contributed by atoms with van der Waals surface area (Å²) in [6.07, 6.45) is 9.33. The molecule has 0 amide bonds. The Hall–Kier alpha value is -1.55. The molecule has 0 aromatic carbocycles. The van der Waals surface area contributed by atoms with Gasteiger partial charge in [0.25, 0.3) is 0 Å². The third-order valence-corrected chi connectivity index (χ3v) is 9.41. The second-order valence-corrected chi connectivity index (χ2v) is 13.1. The van der Waals surface area contributed by atoms with Gasteiger partial charge >= 0.3 is 6.18 Å². The van der Waals surface area contributed by atoms with Gasteiger partial charge in [0.05, 0.1) is 11.7 Å². The quantitative estimate of drug-likeness (QED) is 0.297. The molecule has 6 atom stereocenters. The van der Waals surface area contributed by atoms with Crippen LogP contribution in [0.2, 0.25) is 0 Å². The molecule has 3 N–H and O–H groups in total. The van der Waals surface area contributed by atoms with Gasteiger partial charge < -0.3 is 15.3 Å². The maximum Gasteiger partial charge on any atom is 0.428 e. The van der Waals surface area contributed by atoms with Crippen LogP contribution in [0.5, 0.6) is 0 Å². The van der Waals surface area contributed by atoms with Gasteiger partial charge in [-0.25, -0.2) is 0 Å². The van der Waals surface area contributed by atoms with Crippen LogP contribution in [0, 0.1) is 35.0 Å². The minimum Gasteiger partial charge on any atom is -0.393 e. The van der Waals surface area contributed by atoms with Gasteiger partial charge in [0, 0.05) is 6.42 Å². The Labute approximate surface area is 227 Å². The zero-order valence-corrected chi connectivity index (χ0v) is 23.6. The summed E-state index contributed by atoms with van der Waals surface area (Å²) in [5, 5.41) is 30.1. The summed E-state index contributed by atoms with van der Waals surface area (Å²) in [5.41, 5.74) is -0.0898. The maximum absolute atomic E-state index is 13.2. The molecule has 3 saturated carbocycles. The van der Waals surface area contributed by atoms with Crippen LogP contribution >= 0.6 is 0 Å². The van der Waals surface area contributed by atoms with E-state index in [0.29, 0.717) is 38.0 Å². The van der Waals surface area contributed by atoms with Crippen LogP contribution in [0.4, 0.5) is 13.2 Å². The van der Waals surface area contributed by atoms with E-state index in [1.54, 1.807) is 13.8 Å². The highest BCUT2D eigenvalue weighted by molar-refractivity contribution is 5.36. The monoisotopic (exact) mass is 536 g/mol. The summed E-state index contributed by atoms with van der Waals surface area (Å²) in [7, 11) is 0. The van der Waals surface area contributed by atoms with Gasteiger partial charge in [-0.1, -0.05) is 55.1 Å². The summed E-state index contributed by atoms with van der Waals surface area (Å²) in [6.45, 7) is 10.8. The average Bonchev–Trinajstić information content (AvgIpc) is 3.14. The lowest BCUT2D eigenvalue weighted by molar-refractivity contribution is -0.228. The van der Waals surface area contributed by atoms with Gasteiger partial charge in [-0.2, -0.15) is 13.2 Å². The molecule has 0 aromatic rings. The number of halogens is 3. The summed E-state index contributed by atoms with van der Waals surface area (Å²) in [6, 6.07) is 0. The number of rotatable bonds is 7. The molecule has 2 unspecified atom stereocenters. The van der Waals surface area contributed by atoms with E-state index < -0.39 is 17.4 Å². The van der Waals surface area contributed by atoms with Crippen molar-refractivity contribution in [2.45, 2.75) is 128 Å². The van der Waals surface area contributed by atoms with Gasteiger partial charge in [0.2, 0.25) is 5.60 Å². The van der Waals surface area contributed by atoms with Crippen LogP contribution < -0.4 is 0 Å². The smallest absolute Gasteiger partial charge is 0.393 e. The second-order valence-electron chi connectivity index (χ2n) is 13.1. The minimum absolute atomic E-state index is 0.0410. The molecule has 0 bridgehead atoms. The fraction of sp³-hybridized carbons (Fsp3) is 0.750. The van der Waals surface area contributed by atoms with Crippen LogP contribution in [0.1, 0.15) is 105 Å². The third kappa shape index (κ3) is 7.55. The highest BCUT2D eigenvalue weighted by Crippen LogP contribution is 2.60. The third-order valence-electron chi connectivity index (χ3n) is 9.41. The summed E-state index contributed by atoms with van der Waals surface area (Å²) < 4.78 is 39.5. The largest absolute Gasteiger partial charge is 0.428 e. The average molecular weight is 537 g/mol. The molecule has 0 spiro atoms. The van der Waals surface area contributed by atoms with E-state index in [4.69, 9.17) is 0 Å². The SMILES string of the molecule is C=C1CC[C@H](O)C/C1=C/C=C1\CCC[C@]2(C)C([C@@H](CC#CC(C)(O)C(F)(F)F)CCCC(C)(C)O)CC[C@@H]12. The van der Waals surface area contributed by atoms with E-state index in [1.165, 1.54) is 5.57 Å². The number of hydrogen-bond donors (Lipinski definition) is 3. The molecule has 0 radical (unpaired) electrons. The molecule has 3 aliphatic carbocycles. The number of fused-ring (bicyclic) bond motifs is 1. The first-order valence-corrected chi connectivity index (χ1v) is 14.3.